The second kappa shape index (κ2) is 8.89. The molecule has 144 valence electrons. The van der Waals surface area contributed by atoms with Crippen molar-refractivity contribution in [2.75, 3.05) is 32.2 Å². The van der Waals surface area contributed by atoms with Crippen LogP contribution in [0.15, 0.2) is 18.2 Å². The number of carbonyl (C=O) groups is 2. The van der Waals surface area contributed by atoms with Crippen molar-refractivity contribution >= 4 is 17.5 Å². The number of hydrogen-bond acceptors (Lipinski definition) is 5. The van der Waals surface area contributed by atoms with Gasteiger partial charge in [-0.2, -0.15) is 0 Å². The van der Waals surface area contributed by atoms with Gasteiger partial charge >= 0.3 is 0 Å². The summed E-state index contributed by atoms with van der Waals surface area (Å²) in [5, 5.41) is 2.99. The van der Waals surface area contributed by atoms with Gasteiger partial charge in [0.1, 0.15) is 11.5 Å². The van der Waals surface area contributed by atoms with Crippen molar-refractivity contribution < 1.29 is 19.1 Å². The smallest absolute Gasteiger partial charge is 0.227 e. The topological polar surface area (TPSA) is 93.9 Å². The molecule has 1 aromatic carbocycles. The van der Waals surface area contributed by atoms with Gasteiger partial charge in [0.25, 0.3) is 0 Å². The Morgan fingerprint density at radius 3 is 2.65 bits per heavy atom. The highest BCUT2D eigenvalue weighted by molar-refractivity contribution is 6.01. The Labute approximate surface area is 154 Å². The van der Waals surface area contributed by atoms with Gasteiger partial charge in [0.05, 0.1) is 25.8 Å². The maximum Gasteiger partial charge on any atom is 0.227 e. The summed E-state index contributed by atoms with van der Waals surface area (Å²) in [6.45, 7) is 4.89. The molecule has 0 saturated carbocycles. The van der Waals surface area contributed by atoms with E-state index in [4.69, 9.17) is 15.2 Å². The van der Waals surface area contributed by atoms with E-state index in [1.54, 1.807) is 37.3 Å². The Morgan fingerprint density at radius 1 is 1.35 bits per heavy atom. The molecular formula is C19H29N3O4. The van der Waals surface area contributed by atoms with E-state index in [0.717, 1.165) is 6.42 Å². The Morgan fingerprint density at radius 2 is 2.08 bits per heavy atom. The number of nitrogens with zero attached hydrogens (tertiary/aromatic N) is 1. The average molecular weight is 363 g/mol. The van der Waals surface area contributed by atoms with Gasteiger partial charge in [-0.3, -0.25) is 9.59 Å². The zero-order valence-corrected chi connectivity index (χ0v) is 16.0. The molecule has 1 aliphatic heterocycles. The van der Waals surface area contributed by atoms with E-state index >= 15 is 0 Å². The van der Waals surface area contributed by atoms with E-state index in [1.165, 1.54) is 0 Å². The van der Waals surface area contributed by atoms with E-state index in [-0.39, 0.29) is 24.3 Å². The Kier molecular flexibility index (Phi) is 6.85. The summed E-state index contributed by atoms with van der Waals surface area (Å²) < 4.78 is 10.6. The summed E-state index contributed by atoms with van der Waals surface area (Å²) in [6.07, 6.45) is 0.999. The number of methoxy groups -OCH3 is 2. The minimum atomic E-state index is -0.393. The molecule has 0 radical (unpaired) electrons. The van der Waals surface area contributed by atoms with E-state index in [0.29, 0.717) is 36.2 Å². The number of nitrogens with one attached hydrogen (secondary N) is 1. The molecule has 1 aromatic rings. The van der Waals surface area contributed by atoms with Crippen LogP contribution in [0.3, 0.4) is 0 Å². The molecule has 1 fully saturated rings. The van der Waals surface area contributed by atoms with Crippen LogP contribution in [0, 0.1) is 11.8 Å². The largest absolute Gasteiger partial charge is 0.497 e. The maximum atomic E-state index is 12.6. The fourth-order valence-electron chi connectivity index (χ4n) is 3.23. The van der Waals surface area contributed by atoms with Gasteiger partial charge in [0.2, 0.25) is 11.8 Å². The molecule has 2 rings (SSSR count). The van der Waals surface area contributed by atoms with Crippen molar-refractivity contribution in [1.82, 2.24) is 5.32 Å². The lowest BCUT2D eigenvalue weighted by Gasteiger charge is -2.22. The fraction of sp³-hybridized carbons (Fsp3) is 0.579. The summed E-state index contributed by atoms with van der Waals surface area (Å²) in [4.78, 5) is 26.7. The maximum absolute atomic E-state index is 12.6. The Balaban J connectivity index is 2.09. The lowest BCUT2D eigenvalue weighted by Crippen LogP contribution is -2.44. The van der Waals surface area contributed by atoms with Gasteiger partial charge < -0.3 is 25.4 Å². The predicted molar refractivity (Wildman–Crippen MR) is 100 cm³/mol. The van der Waals surface area contributed by atoms with Crippen molar-refractivity contribution in [3.05, 3.63) is 18.2 Å². The Bertz CT molecular complexity index is 648. The molecule has 0 spiro atoms. The van der Waals surface area contributed by atoms with E-state index < -0.39 is 5.92 Å². The second-order valence-corrected chi connectivity index (χ2v) is 7.01. The standard InChI is InChI=1S/C19H29N3O4/c1-12(2)7-14(10-20)21-19(24)13-8-18(23)22(11-13)16-6-5-15(25-3)9-17(16)26-4/h5-6,9,12-14H,7-8,10-11,20H2,1-4H3,(H,21,24). The summed E-state index contributed by atoms with van der Waals surface area (Å²) in [5.41, 5.74) is 6.40. The quantitative estimate of drug-likeness (QED) is 0.731. The van der Waals surface area contributed by atoms with Crippen LogP contribution in [-0.2, 0) is 9.59 Å². The van der Waals surface area contributed by atoms with Gasteiger partial charge in [-0.15, -0.1) is 0 Å². The number of carbonyl (C=O) groups excluding carboxylic acids is 2. The highest BCUT2D eigenvalue weighted by Crippen LogP contribution is 2.35. The first kappa shape index (κ1) is 20.0. The lowest BCUT2D eigenvalue weighted by atomic mass is 10.0. The molecule has 1 heterocycles. The van der Waals surface area contributed by atoms with Crippen LogP contribution in [0.2, 0.25) is 0 Å². The molecule has 1 aliphatic rings. The summed E-state index contributed by atoms with van der Waals surface area (Å²) in [5.74, 6) is 1.01. The van der Waals surface area contributed by atoms with Gasteiger partial charge in [-0.05, 0) is 24.5 Å². The number of benzene rings is 1. The molecule has 3 N–H and O–H groups in total. The average Bonchev–Trinajstić information content (AvgIpc) is 3.01. The van der Waals surface area contributed by atoms with Crippen LogP contribution in [0.4, 0.5) is 5.69 Å². The number of anilines is 1. The SMILES string of the molecule is COc1ccc(N2CC(C(=O)NC(CN)CC(C)C)CC2=O)c(OC)c1. The zero-order valence-electron chi connectivity index (χ0n) is 16.0. The second-order valence-electron chi connectivity index (χ2n) is 7.01. The molecule has 26 heavy (non-hydrogen) atoms. The number of amides is 2. The third-order valence-electron chi connectivity index (χ3n) is 4.56. The predicted octanol–water partition coefficient (Wildman–Crippen LogP) is 1.55. The van der Waals surface area contributed by atoms with Crippen molar-refractivity contribution in [2.45, 2.75) is 32.7 Å². The fourth-order valence-corrected chi connectivity index (χ4v) is 3.23. The molecular weight excluding hydrogens is 334 g/mol. The molecule has 2 unspecified atom stereocenters. The molecule has 7 heteroatoms. The van der Waals surface area contributed by atoms with Crippen molar-refractivity contribution in [3.63, 3.8) is 0 Å². The van der Waals surface area contributed by atoms with Crippen LogP contribution in [-0.4, -0.2) is 45.2 Å². The van der Waals surface area contributed by atoms with Crippen LogP contribution in [0.5, 0.6) is 11.5 Å². The monoisotopic (exact) mass is 363 g/mol. The number of ether oxygens (including phenoxy) is 2. The third-order valence-corrected chi connectivity index (χ3v) is 4.56. The van der Waals surface area contributed by atoms with E-state index in [1.807, 2.05) is 0 Å². The number of rotatable bonds is 8. The third kappa shape index (κ3) is 4.66. The van der Waals surface area contributed by atoms with Crippen LogP contribution < -0.4 is 25.4 Å². The van der Waals surface area contributed by atoms with Crippen LogP contribution >= 0.6 is 0 Å². The molecule has 1 saturated heterocycles. The first-order valence-electron chi connectivity index (χ1n) is 8.92. The highest BCUT2D eigenvalue weighted by Gasteiger charge is 2.36. The molecule has 0 bridgehead atoms. The first-order valence-corrected chi connectivity index (χ1v) is 8.92. The molecule has 0 aromatic heterocycles. The Hall–Kier alpha value is -2.28. The number of hydrogen-bond donors (Lipinski definition) is 2. The first-order chi connectivity index (χ1) is 12.4. The van der Waals surface area contributed by atoms with Crippen molar-refractivity contribution in [3.8, 4) is 11.5 Å². The minimum Gasteiger partial charge on any atom is -0.497 e. The summed E-state index contributed by atoms with van der Waals surface area (Å²) >= 11 is 0. The minimum absolute atomic E-state index is 0.0674. The molecule has 2 atom stereocenters. The zero-order chi connectivity index (χ0) is 19.3. The van der Waals surface area contributed by atoms with Crippen molar-refractivity contribution in [1.29, 1.82) is 0 Å². The van der Waals surface area contributed by atoms with Crippen LogP contribution in [0.1, 0.15) is 26.7 Å². The highest BCUT2D eigenvalue weighted by atomic mass is 16.5. The van der Waals surface area contributed by atoms with Gasteiger partial charge in [0.15, 0.2) is 0 Å². The van der Waals surface area contributed by atoms with Gasteiger partial charge in [-0.1, -0.05) is 13.8 Å². The van der Waals surface area contributed by atoms with E-state index in [9.17, 15) is 9.59 Å². The van der Waals surface area contributed by atoms with Gasteiger partial charge in [0, 0.05) is 31.6 Å². The summed E-state index contributed by atoms with van der Waals surface area (Å²) in [6, 6.07) is 5.20. The summed E-state index contributed by atoms with van der Waals surface area (Å²) in [7, 11) is 3.11. The normalized spacial score (nSPS) is 18.2. The number of nitrogens with two attached hydrogens (primary N) is 1. The van der Waals surface area contributed by atoms with Crippen molar-refractivity contribution in [2.24, 2.45) is 17.6 Å². The molecule has 2 amide bonds. The van der Waals surface area contributed by atoms with Gasteiger partial charge in [-0.25, -0.2) is 0 Å². The van der Waals surface area contributed by atoms with E-state index in [2.05, 4.69) is 19.2 Å². The molecule has 0 aliphatic carbocycles. The van der Waals surface area contributed by atoms with Crippen LogP contribution in [0.25, 0.3) is 0 Å². The lowest BCUT2D eigenvalue weighted by molar-refractivity contribution is -0.127. The molecule has 7 nitrogen and oxygen atoms in total.